The molecule has 2 rings (SSSR count). The molecule has 112 valence electrons. The highest BCUT2D eigenvalue weighted by Gasteiger charge is 2.19. The second-order valence-electron chi connectivity index (χ2n) is 4.63. The summed E-state index contributed by atoms with van der Waals surface area (Å²) in [6.45, 7) is 2.37. The average molecular weight is 296 g/mol. The summed E-state index contributed by atoms with van der Waals surface area (Å²) in [5, 5.41) is 13.6. The third-order valence-corrected chi connectivity index (χ3v) is 2.93. The number of nitro groups is 1. The van der Waals surface area contributed by atoms with E-state index in [0.717, 1.165) is 6.07 Å². The van der Waals surface area contributed by atoms with Crippen LogP contribution < -0.4 is 5.32 Å². The van der Waals surface area contributed by atoms with Crippen molar-refractivity contribution in [3.63, 3.8) is 0 Å². The topological polar surface area (TPSA) is 73.0 Å². The van der Waals surface area contributed by atoms with Gasteiger partial charge in [-0.3, -0.25) is 10.1 Å². The van der Waals surface area contributed by atoms with Crippen molar-refractivity contribution >= 4 is 11.4 Å². The summed E-state index contributed by atoms with van der Waals surface area (Å²) in [7, 11) is 0. The minimum Gasteiger partial charge on any atom is -0.380 e. The van der Waals surface area contributed by atoms with Gasteiger partial charge in [-0.05, 0) is 13.0 Å². The summed E-state index contributed by atoms with van der Waals surface area (Å²) in [4.78, 5) is 13.9. The molecule has 21 heavy (non-hydrogen) atoms. The summed E-state index contributed by atoms with van der Waals surface area (Å²) in [5.74, 6) is 0. The van der Waals surface area contributed by atoms with E-state index in [2.05, 4.69) is 10.3 Å². The van der Waals surface area contributed by atoms with E-state index in [0.29, 0.717) is 6.54 Å². The number of nitrogens with zero attached hydrogens (tertiary/aromatic N) is 3. The number of hydrogen-bond donors (Lipinski definition) is 1. The number of rotatable bonds is 6. The quantitative estimate of drug-likeness (QED) is 0.656. The number of benzene rings is 1. The Morgan fingerprint density at radius 3 is 2.81 bits per heavy atom. The van der Waals surface area contributed by atoms with Crippen molar-refractivity contribution in [3.8, 4) is 0 Å². The Bertz CT molecular complexity index is 617. The van der Waals surface area contributed by atoms with Gasteiger partial charge in [0, 0.05) is 48.4 Å². The van der Waals surface area contributed by atoms with Crippen molar-refractivity contribution in [2.75, 3.05) is 5.32 Å². The highest BCUT2D eigenvalue weighted by Crippen LogP contribution is 2.31. The smallest absolute Gasteiger partial charge is 0.270 e. The molecule has 0 aliphatic carbocycles. The van der Waals surface area contributed by atoms with Crippen LogP contribution in [0.2, 0.25) is 0 Å². The number of halogens is 2. The summed E-state index contributed by atoms with van der Waals surface area (Å²) < 4.78 is 27.9. The van der Waals surface area contributed by atoms with Gasteiger partial charge >= 0.3 is 0 Å². The molecule has 0 spiro atoms. The Labute approximate surface area is 119 Å². The van der Waals surface area contributed by atoms with Gasteiger partial charge in [0.2, 0.25) is 0 Å². The molecule has 0 fully saturated rings. The van der Waals surface area contributed by atoms with Crippen molar-refractivity contribution in [2.24, 2.45) is 0 Å². The van der Waals surface area contributed by atoms with Crippen LogP contribution >= 0.6 is 0 Å². The molecule has 0 bridgehead atoms. The monoisotopic (exact) mass is 296 g/mol. The predicted octanol–water partition coefficient (Wildman–Crippen LogP) is 3.23. The van der Waals surface area contributed by atoms with E-state index in [1.807, 2.05) is 11.5 Å². The lowest BCUT2D eigenvalue weighted by Gasteiger charge is -2.18. The maximum absolute atomic E-state index is 13.0. The molecule has 0 saturated heterocycles. The molecule has 0 radical (unpaired) electrons. The van der Waals surface area contributed by atoms with Crippen LogP contribution in [0, 0.1) is 10.1 Å². The average Bonchev–Trinajstić information content (AvgIpc) is 2.91. The van der Waals surface area contributed by atoms with Crippen LogP contribution in [0.3, 0.4) is 0 Å². The fraction of sp³-hybridized carbons (Fsp3) is 0.308. The largest absolute Gasteiger partial charge is 0.380 e. The van der Waals surface area contributed by atoms with E-state index in [1.165, 1.54) is 12.1 Å². The van der Waals surface area contributed by atoms with Gasteiger partial charge in [-0.1, -0.05) is 0 Å². The molecular weight excluding hydrogens is 282 g/mol. The van der Waals surface area contributed by atoms with Gasteiger partial charge in [-0.25, -0.2) is 13.8 Å². The van der Waals surface area contributed by atoms with Crippen molar-refractivity contribution in [3.05, 3.63) is 52.6 Å². The summed E-state index contributed by atoms with van der Waals surface area (Å²) >= 11 is 0. The molecule has 6 nitrogen and oxygen atoms in total. The van der Waals surface area contributed by atoms with Crippen molar-refractivity contribution in [1.29, 1.82) is 0 Å². The van der Waals surface area contributed by atoms with Crippen LogP contribution in [-0.2, 0) is 6.54 Å². The standard InChI is InChI=1S/C13H14F2N4O2/c1-9(7-18-5-4-16-8-18)17-12-3-2-10(19(20)21)6-11(12)13(14)15/h2-6,8-9,13,17H,7H2,1H3. The summed E-state index contributed by atoms with van der Waals surface area (Å²) in [6, 6.07) is 3.28. The number of anilines is 1. The lowest BCUT2D eigenvalue weighted by atomic mass is 10.1. The first-order chi connectivity index (χ1) is 9.97. The first-order valence-corrected chi connectivity index (χ1v) is 6.26. The van der Waals surface area contributed by atoms with Gasteiger partial charge in [0.15, 0.2) is 0 Å². The van der Waals surface area contributed by atoms with E-state index in [1.54, 1.807) is 18.7 Å². The molecule has 0 amide bonds. The number of aromatic nitrogens is 2. The number of nitro benzene ring substituents is 1. The van der Waals surface area contributed by atoms with Crippen molar-refractivity contribution in [1.82, 2.24) is 9.55 Å². The maximum Gasteiger partial charge on any atom is 0.270 e. The highest BCUT2D eigenvalue weighted by atomic mass is 19.3. The van der Waals surface area contributed by atoms with Crippen molar-refractivity contribution < 1.29 is 13.7 Å². The zero-order chi connectivity index (χ0) is 15.4. The number of non-ortho nitro benzene ring substituents is 1. The third-order valence-electron chi connectivity index (χ3n) is 2.93. The normalized spacial score (nSPS) is 12.4. The molecule has 0 saturated carbocycles. The molecule has 1 N–H and O–H groups in total. The van der Waals surface area contributed by atoms with Crippen LogP contribution in [-0.4, -0.2) is 20.5 Å². The zero-order valence-electron chi connectivity index (χ0n) is 11.2. The highest BCUT2D eigenvalue weighted by molar-refractivity contribution is 5.57. The molecule has 1 heterocycles. The minimum absolute atomic E-state index is 0.141. The minimum atomic E-state index is -2.78. The van der Waals surface area contributed by atoms with E-state index >= 15 is 0 Å². The molecule has 1 aromatic heterocycles. The molecular formula is C13H14F2N4O2. The van der Waals surface area contributed by atoms with Crippen LogP contribution in [0.25, 0.3) is 0 Å². The van der Waals surface area contributed by atoms with Gasteiger partial charge in [-0.15, -0.1) is 0 Å². The Hall–Kier alpha value is -2.51. The SMILES string of the molecule is CC(Cn1ccnc1)Nc1ccc([N+](=O)[O-])cc1C(F)F. The number of alkyl halides is 2. The lowest BCUT2D eigenvalue weighted by molar-refractivity contribution is -0.385. The van der Waals surface area contributed by atoms with Gasteiger partial charge in [0.1, 0.15) is 0 Å². The Balaban J connectivity index is 2.16. The third kappa shape index (κ3) is 3.74. The number of hydrogen-bond acceptors (Lipinski definition) is 4. The van der Waals surface area contributed by atoms with Gasteiger partial charge < -0.3 is 9.88 Å². The van der Waals surface area contributed by atoms with E-state index in [-0.39, 0.29) is 23.0 Å². The summed E-state index contributed by atoms with van der Waals surface area (Å²) in [5.41, 5.74) is -0.525. The second-order valence-corrected chi connectivity index (χ2v) is 4.63. The fourth-order valence-corrected chi connectivity index (χ4v) is 2.00. The molecule has 1 atom stereocenters. The van der Waals surface area contributed by atoms with Crippen LogP contribution in [0.15, 0.2) is 36.9 Å². The Kier molecular flexibility index (Phi) is 4.46. The zero-order valence-corrected chi connectivity index (χ0v) is 11.2. The predicted molar refractivity (Wildman–Crippen MR) is 73.4 cm³/mol. The van der Waals surface area contributed by atoms with Gasteiger partial charge in [-0.2, -0.15) is 0 Å². The van der Waals surface area contributed by atoms with E-state index in [9.17, 15) is 18.9 Å². The Morgan fingerprint density at radius 2 is 2.24 bits per heavy atom. The molecule has 1 unspecified atom stereocenters. The molecule has 2 aromatic rings. The maximum atomic E-state index is 13.0. The van der Waals surface area contributed by atoms with E-state index < -0.39 is 11.3 Å². The molecule has 8 heteroatoms. The van der Waals surface area contributed by atoms with Crippen molar-refractivity contribution in [2.45, 2.75) is 25.9 Å². The molecule has 0 aliphatic rings. The molecule has 0 aliphatic heterocycles. The number of imidazole rings is 1. The van der Waals surface area contributed by atoms with Crippen LogP contribution in [0.5, 0.6) is 0 Å². The van der Waals surface area contributed by atoms with Crippen LogP contribution in [0.4, 0.5) is 20.2 Å². The van der Waals surface area contributed by atoms with Gasteiger partial charge in [0.05, 0.1) is 11.3 Å². The van der Waals surface area contributed by atoms with E-state index in [4.69, 9.17) is 0 Å². The van der Waals surface area contributed by atoms with Crippen LogP contribution in [0.1, 0.15) is 18.9 Å². The first kappa shape index (κ1) is 14.9. The Morgan fingerprint density at radius 1 is 1.48 bits per heavy atom. The number of nitrogens with one attached hydrogen (secondary N) is 1. The second kappa shape index (κ2) is 6.29. The molecule has 1 aromatic carbocycles. The lowest BCUT2D eigenvalue weighted by Crippen LogP contribution is -2.22. The fourth-order valence-electron chi connectivity index (χ4n) is 2.00. The first-order valence-electron chi connectivity index (χ1n) is 6.26. The van der Waals surface area contributed by atoms with Gasteiger partial charge in [0.25, 0.3) is 12.1 Å². The summed E-state index contributed by atoms with van der Waals surface area (Å²) in [6.07, 6.45) is 2.24.